The number of aromatic nitrogens is 4. The predicted molar refractivity (Wildman–Crippen MR) is 59.1 cm³/mol. The van der Waals surface area contributed by atoms with Crippen LogP contribution in [-0.4, -0.2) is 19.8 Å². The fourth-order valence-corrected chi connectivity index (χ4v) is 1.96. The number of rotatable bonds is 3. The zero-order chi connectivity index (χ0) is 10.8. The highest BCUT2D eigenvalue weighted by atomic mass is 35.5. The molecule has 0 fully saturated rings. The summed E-state index contributed by atoms with van der Waals surface area (Å²) in [6, 6.07) is 0. The Morgan fingerprint density at radius 1 is 1.47 bits per heavy atom. The molecule has 0 atom stereocenters. The predicted octanol–water partition coefficient (Wildman–Crippen LogP) is 2.43. The van der Waals surface area contributed by atoms with Gasteiger partial charge in [-0.05, 0) is 25.3 Å². The van der Waals surface area contributed by atoms with Crippen molar-refractivity contribution in [2.24, 2.45) is 0 Å². The van der Waals surface area contributed by atoms with Crippen LogP contribution in [-0.2, 0) is 6.42 Å². The largest absolute Gasteiger partial charge is 0.199 e. The minimum Gasteiger partial charge on any atom is -0.199 e. The van der Waals surface area contributed by atoms with Crippen molar-refractivity contribution in [2.45, 2.75) is 33.1 Å². The molecule has 0 spiro atoms. The van der Waals surface area contributed by atoms with Crippen molar-refractivity contribution in [1.29, 1.82) is 0 Å². The van der Waals surface area contributed by atoms with Crippen LogP contribution in [0.5, 0.6) is 0 Å². The minimum absolute atomic E-state index is 0.647. The molecule has 2 heterocycles. The van der Waals surface area contributed by atoms with E-state index in [9.17, 15) is 0 Å². The second kappa shape index (κ2) is 4.14. The Bertz CT molecular complexity index is 477. The summed E-state index contributed by atoms with van der Waals surface area (Å²) in [6.45, 7) is 4.13. The Labute approximate surface area is 93.3 Å². The molecule has 0 saturated heterocycles. The summed E-state index contributed by atoms with van der Waals surface area (Å²) >= 11 is 6.26. The lowest BCUT2D eigenvalue weighted by Crippen LogP contribution is -2.01. The number of fused-ring (bicyclic) bond motifs is 1. The van der Waals surface area contributed by atoms with Gasteiger partial charge in [0.15, 0.2) is 5.65 Å². The van der Waals surface area contributed by atoms with E-state index in [1.807, 2.05) is 6.92 Å². The van der Waals surface area contributed by atoms with Crippen molar-refractivity contribution < 1.29 is 0 Å². The molecule has 0 N–H and O–H groups in total. The second-order valence-electron chi connectivity index (χ2n) is 3.58. The average Bonchev–Trinajstić information content (AvgIpc) is 2.65. The van der Waals surface area contributed by atoms with Crippen LogP contribution in [0, 0.1) is 6.92 Å². The standard InChI is InChI=1S/C10H13ClN4/c1-3-4-5-8-7(2)14-15-6-12-13-10(15)9(8)11/h6H,3-5H2,1-2H3. The number of hydrogen-bond donors (Lipinski definition) is 0. The van der Waals surface area contributed by atoms with Gasteiger partial charge in [-0.3, -0.25) is 0 Å². The van der Waals surface area contributed by atoms with E-state index in [1.54, 1.807) is 10.8 Å². The number of halogens is 1. The number of unbranched alkanes of at least 4 members (excludes halogenated alkanes) is 1. The molecule has 0 aliphatic heterocycles. The summed E-state index contributed by atoms with van der Waals surface area (Å²) in [5, 5.41) is 12.8. The van der Waals surface area contributed by atoms with Gasteiger partial charge in [-0.15, -0.1) is 10.2 Å². The Morgan fingerprint density at radius 2 is 2.27 bits per heavy atom. The molecule has 2 aromatic heterocycles. The fraction of sp³-hybridized carbons (Fsp3) is 0.500. The molecule has 5 heteroatoms. The van der Waals surface area contributed by atoms with E-state index in [2.05, 4.69) is 22.2 Å². The molecule has 0 saturated carbocycles. The Morgan fingerprint density at radius 3 is 3.00 bits per heavy atom. The minimum atomic E-state index is 0.647. The van der Waals surface area contributed by atoms with E-state index in [0.29, 0.717) is 10.7 Å². The van der Waals surface area contributed by atoms with Crippen molar-refractivity contribution in [3.05, 3.63) is 22.6 Å². The van der Waals surface area contributed by atoms with Gasteiger partial charge in [-0.1, -0.05) is 24.9 Å². The SMILES string of the molecule is CCCCc1c(C)nn2cnnc2c1Cl. The van der Waals surface area contributed by atoms with Crippen molar-refractivity contribution in [1.82, 2.24) is 19.8 Å². The number of hydrogen-bond acceptors (Lipinski definition) is 3. The smallest absolute Gasteiger partial charge is 0.196 e. The third-order valence-electron chi connectivity index (χ3n) is 2.47. The van der Waals surface area contributed by atoms with Crippen LogP contribution >= 0.6 is 11.6 Å². The van der Waals surface area contributed by atoms with Gasteiger partial charge >= 0.3 is 0 Å². The van der Waals surface area contributed by atoms with E-state index >= 15 is 0 Å². The van der Waals surface area contributed by atoms with Gasteiger partial charge in [0, 0.05) is 0 Å². The average molecular weight is 225 g/mol. The number of nitrogens with zero attached hydrogens (tertiary/aromatic N) is 4. The highest BCUT2D eigenvalue weighted by molar-refractivity contribution is 6.34. The molecule has 0 amide bonds. The van der Waals surface area contributed by atoms with E-state index < -0.39 is 0 Å². The molecule has 0 unspecified atom stereocenters. The maximum absolute atomic E-state index is 6.26. The summed E-state index contributed by atoms with van der Waals surface area (Å²) in [5.74, 6) is 0. The van der Waals surface area contributed by atoms with E-state index in [-0.39, 0.29) is 0 Å². The Hall–Kier alpha value is -1.16. The topological polar surface area (TPSA) is 43.1 Å². The first kappa shape index (κ1) is 10.4. The normalized spacial score (nSPS) is 11.1. The first-order valence-electron chi connectivity index (χ1n) is 5.09. The molecular weight excluding hydrogens is 212 g/mol. The van der Waals surface area contributed by atoms with Gasteiger partial charge in [0.05, 0.1) is 10.7 Å². The second-order valence-corrected chi connectivity index (χ2v) is 3.96. The van der Waals surface area contributed by atoms with Crippen molar-refractivity contribution >= 4 is 17.2 Å². The molecule has 4 nitrogen and oxygen atoms in total. The molecule has 2 rings (SSSR count). The monoisotopic (exact) mass is 224 g/mol. The van der Waals surface area contributed by atoms with Crippen molar-refractivity contribution in [2.75, 3.05) is 0 Å². The van der Waals surface area contributed by atoms with Crippen LogP contribution in [0.1, 0.15) is 31.0 Å². The summed E-state index contributed by atoms with van der Waals surface area (Å²) in [5.41, 5.74) is 2.70. The molecule has 15 heavy (non-hydrogen) atoms. The van der Waals surface area contributed by atoms with E-state index in [4.69, 9.17) is 11.6 Å². The van der Waals surface area contributed by atoms with Crippen LogP contribution in [0.15, 0.2) is 6.33 Å². The molecule has 0 bridgehead atoms. The van der Waals surface area contributed by atoms with E-state index in [0.717, 1.165) is 30.5 Å². The van der Waals surface area contributed by atoms with E-state index in [1.165, 1.54) is 0 Å². The zero-order valence-corrected chi connectivity index (χ0v) is 9.62. The third-order valence-corrected chi connectivity index (χ3v) is 2.86. The van der Waals surface area contributed by atoms with Crippen LogP contribution < -0.4 is 0 Å². The van der Waals surface area contributed by atoms with Crippen LogP contribution in [0.3, 0.4) is 0 Å². The lowest BCUT2D eigenvalue weighted by Gasteiger charge is -2.07. The van der Waals surface area contributed by atoms with Gasteiger partial charge in [-0.25, -0.2) is 0 Å². The summed E-state index contributed by atoms with van der Waals surface area (Å²) in [6.07, 6.45) is 4.79. The summed E-state index contributed by atoms with van der Waals surface area (Å²) in [7, 11) is 0. The van der Waals surface area contributed by atoms with Gasteiger partial charge in [0.25, 0.3) is 0 Å². The van der Waals surface area contributed by atoms with Gasteiger partial charge in [-0.2, -0.15) is 9.61 Å². The zero-order valence-electron chi connectivity index (χ0n) is 8.87. The van der Waals surface area contributed by atoms with Gasteiger partial charge in [0.1, 0.15) is 6.33 Å². The quantitative estimate of drug-likeness (QED) is 0.804. The first-order chi connectivity index (χ1) is 7.24. The Kier molecular flexibility index (Phi) is 2.86. The molecule has 0 radical (unpaired) electrons. The first-order valence-corrected chi connectivity index (χ1v) is 5.46. The molecule has 2 aromatic rings. The number of aryl methyl sites for hydroxylation is 1. The van der Waals surface area contributed by atoms with Crippen molar-refractivity contribution in [3.8, 4) is 0 Å². The molecular formula is C10H13ClN4. The Balaban J connectivity index is 2.52. The van der Waals surface area contributed by atoms with Crippen LogP contribution in [0.25, 0.3) is 5.65 Å². The lowest BCUT2D eigenvalue weighted by atomic mass is 10.1. The van der Waals surface area contributed by atoms with Crippen LogP contribution in [0.4, 0.5) is 0 Å². The molecule has 0 aromatic carbocycles. The molecule has 80 valence electrons. The highest BCUT2D eigenvalue weighted by Crippen LogP contribution is 2.23. The summed E-state index contributed by atoms with van der Waals surface area (Å²) < 4.78 is 1.62. The molecule has 0 aliphatic rings. The third kappa shape index (κ3) is 1.81. The maximum atomic E-state index is 6.26. The maximum Gasteiger partial charge on any atom is 0.196 e. The fourth-order valence-electron chi connectivity index (χ4n) is 1.61. The van der Waals surface area contributed by atoms with Crippen LogP contribution in [0.2, 0.25) is 5.02 Å². The summed E-state index contributed by atoms with van der Waals surface area (Å²) in [4.78, 5) is 0. The highest BCUT2D eigenvalue weighted by Gasteiger charge is 2.11. The van der Waals surface area contributed by atoms with Gasteiger partial charge in [0.2, 0.25) is 0 Å². The van der Waals surface area contributed by atoms with Gasteiger partial charge < -0.3 is 0 Å². The lowest BCUT2D eigenvalue weighted by molar-refractivity contribution is 0.773. The molecule has 0 aliphatic carbocycles. The van der Waals surface area contributed by atoms with Crippen molar-refractivity contribution in [3.63, 3.8) is 0 Å².